The SMILES string of the molecule is COC(=O)Cc1cc(Br)c(Oc2cc(C(C)C)c(OC)cc2Cc2cccc(I)c2)c(Br)c1. The van der Waals surface area contributed by atoms with Crippen molar-refractivity contribution in [2.24, 2.45) is 0 Å². The maximum Gasteiger partial charge on any atom is 0.309 e. The first kappa shape index (κ1) is 26.0. The number of rotatable bonds is 8. The molecule has 0 amide bonds. The third kappa shape index (κ3) is 6.73. The van der Waals surface area contributed by atoms with Crippen LogP contribution >= 0.6 is 54.5 Å². The second-order valence-electron chi connectivity index (χ2n) is 7.91. The summed E-state index contributed by atoms with van der Waals surface area (Å²) in [4.78, 5) is 11.7. The smallest absolute Gasteiger partial charge is 0.309 e. The third-order valence-electron chi connectivity index (χ3n) is 5.16. The molecule has 0 heterocycles. The highest BCUT2D eigenvalue weighted by Gasteiger charge is 2.18. The zero-order valence-corrected chi connectivity index (χ0v) is 24.2. The molecule has 0 spiro atoms. The fourth-order valence-electron chi connectivity index (χ4n) is 3.51. The van der Waals surface area contributed by atoms with Crippen LogP contribution in [0.25, 0.3) is 0 Å². The maximum atomic E-state index is 11.7. The van der Waals surface area contributed by atoms with E-state index in [-0.39, 0.29) is 18.3 Å². The van der Waals surface area contributed by atoms with Crippen LogP contribution in [0, 0.1) is 3.57 Å². The molecule has 3 aromatic rings. The molecule has 0 saturated heterocycles. The molecular formula is C26H25Br2IO4. The molecule has 0 bridgehead atoms. The van der Waals surface area contributed by atoms with E-state index in [2.05, 4.69) is 105 Å². The van der Waals surface area contributed by atoms with Gasteiger partial charge in [0.25, 0.3) is 0 Å². The van der Waals surface area contributed by atoms with Gasteiger partial charge in [-0.15, -0.1) is 0 Å². The summed E-state index contributed by atoms with van der Waals surface area (Å²) < 4.78 is 19.7. The van der Waals surface area contributed by atoms with Gasteiger partial charge in [-0.05, 0) is 108 Å². The van der Waals surface area contributed by atoms with Gasteiger partial charge in [0.1, 0.15) is 11.5 Å². The fourth-order valence-corrected chi connectivity index (χ4v) is 5.56. The largest absolute Gasteiger partial charge is 0.496 e. The van der Waals surface area contributed by atoms with Crippen molar-refractivity contribution in [2.75, 3.05) is 14.2 Å². The standard InChI is InChI=1S/C26H25Br2IO4/c1-15(2)20-14-23(18(13-24(20)31-3)8-16-6-5-7-19(29)9-16)33-26-21(27)10-17(11-22(26)28)12-25(30)32-4/h5-7,9-11,13-15H,8,12H2,1-4H3. The fraction of sp³-hybridized carbons (Fsp3) is 0.269. The number of esters is 1. The molecule has 0 aromatic heterocycles. The monoisotopic (exact) mass is 686 g/mol. The number of ether oxygens (including phenoxy) is 3. The molecule has 4 nitrogen and oxygen atoms in total. The van der Waals surface area contributed by atoms with E-state index in [4.69, 9.17) is 14.2 Å². The van der Waals surface area contributed by atoms with Crippen molar-refractivity contribution in [1.29, 1.82) is 0 Å². The van der Waals surface area contributed by atoms with Crippen LogP contribution in [0.3, 0.4) is 0 Å². The molecule has 3 rings (SSSR count). The minimum Gasteiger partial charge on any atom is -0.496 e. The normalized spacial score (nSPS) is 10.9. The van der Waals surface area contributed by atoms with Crippen LogP contribution in [0.15, 0.2) is 57.5 Å². The molecule has 0 saturated carbocycles. The Morgan fingerprint density at radius 3 is 2.24 bits per heavy atom. The predicted molar refractivity (Wildman–Crippen MR) is 147 cm³/mol. The molecule has 33 heavy (non-hydrogen) atoms. The minimum atomic E-state index is -0.293. The Balaban J connectivity index is 2.05. The van der Waals surface area contributed by atoms with Crippen molar-refractivity contribution in [3.63, 3.8) is 0 Å². The Kier molecular flexibility index (Phi) is 9.24. The molecule has 0 aliphatic rings. The number of halogens is 3. The van der Waals surface area contributed by atoms with Crippen LogP contribution in [0.1, 0.15) is 42.0 Å². The van der Waals surface area contributed by atoms with Crippen molar-refractivity contribution in [3.05, 3.63) is 83.3 Å². The van der Waals surface area contributed by atoms with Crippen LogP contribution in [-0.2, 0) is 22.4 Å². The molecule has 0 N–H and O–H groups in total. The molecule has 7 heteroatoms. The number of carbonyl (C=O) groups excluding carboxylic acids is 1. The predicted octanol–water partition coefficient (Wildman–Crippen LogP) is 8.05. The van der Waals surface area contributed by atoms with Gasteiger partial charge in [0, 0.05) is 21.1 Å². The number of methoxy groups -OCH3 is 2. The van der Waals surface area contributed by atoms with Crippen LogP contribution in [0.5, 0.6) is 17.2 Å². The highest BCUT2D eigenvalue weighted by Crippen LogP contribution is 2.42. The summed E-state index contributed by atoms with van der Waals surface area (Å²) in [6, 6.07) is 16.3. The van der Waals surface area contributed by atoms with Gasteiger partial charge in [-0.25, -0.2) is 0 Å². The number of hydrogen-bond donors (Lipinski definition) is 0. The van der Waals surface area contributed by atoms with Gasteiger partial charge < -0.3 is 14.2 Å². The van der Waals surface area contributed by atoms with Crippen molar-refractivity contribution >= 4 is 60.4 Å². The van der Waals surface area contributed by atoms with Crippen molar-refractivity contribution < 1.29 is 19.0 Å². The lowest BCUT2D eigenvalue weighted by molar-refractivity contribution is -0.139. The molecule has 0 radical (unpaired) electrons. The van der Waals surface area contributed by atoms with Gasteiger partial charge in [0.2, 0.25) is 0 Å². The van der Waals surface area contributed by atoms with Gasteiger partial charge in [0.05, 0.1) is 29.6 Å². The Bertz CT molecular complexity index is 1140. The summed E-state index contributed by atoms with van der Waals surface area (Å²) in [5.41, 5.74) is 4.12. The van der Waals surface area contributed by atoms with E-state index in [1.54, 1.807) is 7.11 Å². The van der Waals surface area contributed by atoms with E-state index < -0.39 is 0 Å². The van der Waals surface area contributed by atoms with E-state index in [1.165, 1.54) is 16.2 Å². The third-order valence-corrected chi connectivity index (χ3v) is 7.01. The topological polar surface area (TPSA) is 44.8 Å². The lowest BCUT2D eigenvalue weighted by Crippen LogP contribution is -2.05. The summed E-state index contributed by atoms with van der Waals surface area (Å²) in [5, 5.41) is 0. The van der Waals surface area contributed by atoms with Crippen LogP contribution in [-0.4, -0.2) is 20.2 Å². The highest BCUT2D eigenvalue weighted by molar-refractivity contribution is 14.1. The molecule has 0 atom stereocenters. The second kappa shape index (κ2) is 11.7. The van der Waals surface area contributed by atoms with Gasteiger partial charge in [-0.2, -0.15) is 0 Å². The molecule has 0 aliphatic heterocycles. The molecule has 3 aromatic carbocycles. The summed E-state index contributed by atoms with van der Waals surface area (Å²) >= 11 is 9.55. The first-order chi connectivity index (χ1) is 15.7. The van der Waals surface area contributed by atoms with Crippen molar-refractivity contribution in [1.82, 2.24) is 0 Å². The average Bonchev–Trinajstić information content (AvgIpc) is 2.76. The Labute approximate surface area is 225 Å². The Morgan fingerprint density at radius 2 is 1.67 bits per heavy atom. The molecule has 174 valence electrons. The molecule has 0 aliphatic carbocycles. The van der Waals surface area contributed by atoms with Gasteiger partial charge in [-0.3, -0.25) is 4.79 Å². The van der Waals surface area contributed by atoms with Gasteiger partial charge in [-0.1, -0.05) is 26.0 Å². The number of benzene rings is 3. The zero-order valence-electron chi connectivity index (χ0n) is 18.9. The van der Waals surface area contributed by atoms with E-state index in [0.717, 1.165) is 37.1 Å². The summed E-state index contributed by atoms with van der Waals surface area (Å²) in [5.74, 6) is 2.24. The quantitative estimate of drug-likeness (QED) is 0.178. The zero-order chi connectivity index (χ0) is 24.1. The van der Waals surface area contributed by atoms with Gasteiger partial charge >= 0.3 is 5.97 Å². The lowest BCUT2D eigenvalue weighted by atomic mass is 9.96. The molecule has 0 unspecified atom stereocenters. The Morgan fingerprint density at radius 1 is 0.970 bits per heavy atom. The van der Waals surface area contributed by atoms with E-state index in [9.17, 15) is 4.79 Å². The Hall–Kier alpha value is -1.58. The van der Waals surface area contributed by atoms with Crippen LogP contribution < -0.4 is 9.47 Å². The number of carbonyl (C=O) groups is 1. The van der Waals surface area contributed by atoms with Crippen LogP contribution in [0.4, 0.5) is 0 Å². The molecule has 0 fully saturated rings. The number of hydrogen-bond acceptors (Lipinski definition) is 4. The van der Waals surface area contributed by atoms with E-state index >= 15 is 0 Å². The van der Waals surface area contributed by atoms with E-state index in [0.29, 0.717) is 12.2 Å². The summed E-state index contributed by atoms with van der Waals surface area (Å²) in [7, 11) is 3.08. The summed E-state index contributed by atoms with van der Waals surface area (Å²) in [6.45, 7) is 4.27. The molecular weight excluding hydrogens is 663 g/mol. The lowest BCUT2D eigenvalue weighted by Gasteiger charge is -2.20. The second-order valence-corrected chi connectivity index (χ2v) is 10.9. The van der Waals surface area contributed by atoms with Crippen LogP contribution in [0.2, 0.25) is 0 Å². The maximum absolute atomic E-state index is 11.7. The van der Waals surface area contributed by atoms with Gasteiger partial charge in [0.15, 0.2) is 5.75 Å². The van der Waals surface area contributed by atoms with Crippen molar-refractivity contribution in [2.45, 2.75) is 32.6 Å². The highest BCUT2D eigenvalue weighted by atomic mass is 127. The summed E-state index contributed by atoms with van der Waals surface area (Å²) in [6.07, 6.45) is 0.891. The first-order valence-electron chi connectivity index (χ1n) is 10.4. The minimum absolute atomic E-state index is 0.186. The van der Waals surface area contributed by atoms with Crippen molar-refractivity contribution in [3.8, 4) is 17.2 Å². The first-order valence-corrected chi connectivity index (χ1v) is 13.1. The van der Waals surface area contributed by atoms with E-state index in [1.807, 2.05) is 12.1 Å². The average molecular weight is 688 g/mol.